The minimum absolute atomic E-state index is 0.113. The van der Waals surface area contributed by atoms with Crippen LogP contribution in [0.1, 0.15) is 39.5 Å². The van der Waals surface area contributed by atoms with Crippen molar-refractivity contribution in [3.05, 3.63) is 0 Å². The first-order valence-corrected chi connectivity index (χ1v) is 6.31. The van der Waals surface area contributed by atoms with Crippen molar-refractivity contribution in [2.75, 3.05) is 13.2 Å². The molecule has 0 bridgehead atoms. The fraction of sp³-hybridized carbons (Fsp3) is 0.833. The Morgan fingerprint density at radius 3 is 2.67 bits per heavy atom. The van der Waals surface area contributed by atoms with E-state index in [1.807, 2.05) is 0 Å². The second kappa shape index (κ2) is 6.04. The Morgan fingerprint density at radius 2 is 2.11 bits per heavy atom. The highest BCUT2D eigenvalue weighted by molar-refractivity contribution is 5.85. The van der Waals surface area contributed by atoms with Crippen LogP contribution < -0.4 is 5.32 Å². The zero-order valence-corrected chi connectivity index (χ0v) is 11.0. The van der Waals surface area contributed by atoms with Crippen LogP contribution in [0.2, 0.25) is 0 Å². The number of carboxylic acids is 1. The Labute approximate surface area is 107 Å². The predicted octanol–water partition coefficient (Wildman–Crippen LogP) is 0.796. The highest BCUT2D eigenvalue weighted by Gasteiger charge is 2.34. The number of nitrogens with zero attached hydrogens (tertiary/aromatic N) is 1. The van der Waals surface area contributed by atoms with E-state index in [9.17, 15) is 9.59 Å². The zero-order chi connectivity index (χ0) is 13.8. The second-order valence-corrected chi connectivity index (χ2v) is 5.22. The third-order valence-corrected chi connectivity index (χ3v) is 3.29. The van der Waals surface area contributed by atoms with E-state index < -0.39 is 11.5 Å². The molecular formula is C12H22N2O4. The fourth-order valence-electron chi connectivity index (χ4n) is 2.12. The summed E-state index contributed by atoms with van der Waals surface area (Å²) in [5.41, 5.74) is -1.26. The summed E-state index contributed by atoms with van der Waals surface area (Å²) in [4.78, 5) is 24.7. The number of aliphatic hydroxyl groups is 1. The van der Waals surface area contributed by atoms with E-state index in [-0.39, 0.29) is 18.7 Å². The Morgan fingerprint density at radius 1 is 1.44 bits per heavy atom. The van der Waals surface area contributed by atoms with Gasteiger partial charge in [-0.1, -0.05) is 0 Å². The molecule has 1 fully saturated rings. The van der Waals surface area contributed by atoms with Crippen LogP contribution in [-0.4, -0.2) is 51.8 Å². The molecule has 1 heterocycles. The molecule has 1 aliphatic heterocycles. The van der Waals surface area contributed by atoms with Crippen LogP contribution in [0.4, 0.5) is 4.79 Å². The van der Waals surface area contributed by atoms with Crippen molar-refractivity contribution in [2.24, 2.45) is 0 Å². The average molecular weight is 258 g/mol. The lowest BCUT2D eigenvalue weighted by atomic mass is 10.1. The maximum atomic E-state index is 12.0. The van der Waals surface area contributed by atoms with Gasteiger partial charge in [0.05, 0.1) is 0 Å². The summed E-state index contributed by atoms with van der Waals surface area (Å²) in [7, 11) is 0. The number of hydrogen-bond acceptors (Lipinski definition) is 3. The monoisotopic (exact) mass is 258 g/mol. The van der Waals surface area contributed by atoms with Crippen molar-refractivity contribution < 1.29 is 19.8 Å². The lowest BCUT2D eigenvalue weighted by Gasteiger charge is -2.29. The number of rotatable bonds is 5. The van der Waals surface area contributed by atoms with Gasteiger partial charge < -0.3 is 20.4 Å². The molecular weight excluding hydrogens is 236 g/mol. The highest BCUT2D eigenvalue weighted by atomic mass is 16.4. The van der Waals surface area contributed by atoms with Crippen molar-refractivity contribution in [1.82, 2.24) is 10.2 Å². The van der Waals surface area contributed by atoms with E-state index in [1.165, 1.54) is 13.8 Å². The largest absolute Gasteiger partial charge is 0.480 e. The normalized spacial score (nSPS) is 19.9. The number of carbonyl (C=O) groups is 2. The SMILES string of the molecule is CC(C)(NC(=O)N1CCCC1CCCO)C(=O)O. The molecule has 6 heteroatoms. The van der Waals surface area contributed by atoms with Crippen LogP contribution in [0.3, 0.4) is 0 Å². The van der Waals surface area contributed by atoms with Gasteiger partial charge in [0.15, 0.2) is 0 Å². The maximum Gasteiger partial charge on any atom is 0.328 e. The summed E-state index contributed by atoms with van der Waals surface area (Å²) in [5.74, 6) is -1.05. The van der Waals surface area contributed by atoms with Crippen molar-refractivity contribution in [3.8, 4) is 0 Å². The van der Waals surface area contributed by atoms with Crippen LogP contribution in [0.15, 0.2) is 0 Å². The molecule has 1 atom stereocenters. The average Bonchev–Trinajstić information content (AvgIpc) is 2.73. The van der Waals surface area contributed by atoms with Gasteiger partial charge in [0.25, 0.3) is 0 Å². The zero-order valence-electron chi connectivity index (χ0n) is 11.0. The summed E-state index contributed by atoms with van der Waals surface area (Å²) in [5, 5.41) is 20.3. The molecule has 0 aromatic heterocycles. The first-order valence-electron chi connectivity index (χ1n) is 6.31. The third kappa shape index (κ3) is 3.60. The van der Waals surface area contributed by atoms with Crippen LogP contribution in [0.5, 0.6) is 0 Å². The van der Waals surface area contributed by atoms with Gasteiger partial charge in [0, 0.05) is 19.2 Å². The van der Waals surface area contributed by atoms with Gasteiger partial charge in [-0.2, -0.15) is 0 Å². The summed E-state index contributed by atoms with van der Waals surface area (Å²) >= 11 is 0. The first-order chi connectivity index (χ1) is 8.38. The van der Waals surface area contributed by atoms with Gasteiger partial charge in [-0.25, -0.2) is 9.59 Å². The van der Waals surface area contributed by atoms with Gasteiger partial charge in [0.2, 0.25) is 0 Å². The summed E-state index contributed by atoms with van der Waals surface area (Å²) < 4.78 is 0. The van der Waals surface area contributed by atoms with Crippen molar-refractivity contribution >= 4 is 12.0 Å². The Bertz CT molecular complexity index is 317. The standard InChI is InChI=1S/C12H22N2O4/c1-12(2,10(16)17)13-11(18)14-7-3-5-9(14)6-4-8-15/h9,15H,3-8H2,1-2H3,(H,13,18)(H,16,17). The van der Waals surface area contributed by atoms with E-state index in [2.05, 4.69) is 5.32 Å². The minimum Gasteiger partial charge on any atom is -0.480 e. The topological polar surface area (TPSA) is 89.9 Å². The van der Waals surface area contributed by atoms with E-state index in [1.54, 1.807) is 4.90 Å². The number of amides is 2. The van der Waals surface area contributed by atoms with Crippen LogP contribution in [0.25, 0.3) is 0 Å². The summed E-state index contributed by atoms with van der Waals surface area (Å²) in [6.07, 6.45) is 3.27. The van der Waals surface area contributed by atoms with Gasteiger partial charge in [-0.3, -0.25) is 0 Å². The van der Waals surface area contributed by atoms with Crippen LogP contribution in [0, 0.1) is 0 Å². The van der Waals surface area contributed by atoms with Gasteiger partial charge in [0.1, 0.15) is 5.54 Å². The number of aliphatic hydroxyl groups excluding tert-OH is 1. The second-order valence-electron chi connectivity index (χ2n) is 5.22. The number of carboxylic acid groups (broad SMARTS) is 1. The molecule has 2 amide bonds. The summed E-state index contributed by atoms with van der Waals surface area (Å²) in [6.45, 7) is 3.70. The number of aliphatic carboxylic acids is 1. The van der Waals surface area contributed by atoms with E-state index in [0.717, 1.165) is 19.3 Å². The molecule has 104 valence electrons. The van der Waals surface area contributed by atoms with E-state index in [4.69, 9.17) is 10.2 Å². The van der Waals surface area contributed by atoms with Crippen molar-refractivity contribution in [1.29, 1.82) is 0 Å². The van der Waals surface area contributed by atoms with Gasteiger partial charge >= 0.3 is 12.0 Å². The molecule has 0 aromatic carbocycles. The molecule has 1 saturated heterocycles. The van der Waals surface area contributed by atoms with Gasteiger partial charge in [-0.15, -0.1) is 0 Å². The fourth-order valence-corrected chi connectivity index (χ4v) is 2.12. The Hall–Kier alpha value is -1.30. The molecule has 6 nitrogen and oxygen atoms in total. The summed E-state index contributed by atoms with van der Waals surface area (Å²) in [6, 6.07) is -0.218. The minimum atomic E-state index is -1.26. The Kier molecular flexibility index (Phi) is 4.95. The van der Waals surface area contributed by atoms with Crippen molar-refractivity contribution in [3.63, 3.8) is 0 Å². The lowest BCUT2D eigenvalue weighted by Crippen LogP contribution is -2.55. The molecule has 18 heavy (non-hydrogen) atoms. The molecule has 1 unspecified atom stereocenters. The van der Waals surface area contributed by atoms with Crippen LogP contribution >= 0.6 is 0 Å². The third-order valence-electron chi connectivity index (χ3n) is 3.29. The Balaban J connectivity index is 2.57. The number of carbonyl (C=O) groups excluding carboxylic acids is 1. The van der Waals surface area contributed by atoms with Crippen LogP contribution in [-0.2, 0) is 4.79 Å². The van der Waals surface area contributed by atoms with Crippen molar-refractivity contribution in [2.45, 2.75) is 51.1 Å². The molecule has 0 aromatic rings. The first kappa shape index (κ1) is 14.8. The molecule has 3 N–H and O–H groups in total. The number of likely N-dealkylation sites (tertiary alicyclic amines) is 1. The van der Waals surface area contributed by atoms with E-state index >= 15 is 0 Å². The number of hydrogen-bond donors (Lipinski definition) is 3. The smallest absolute Gasteiger partial charge is 0.328 e. The predicted molar refractivity (Wildman–Crippen MR) is 66.3 cm³/mol. The highest BCUT2D eigenvalue weighted by Crippen LogP contribution is 2.21. The number of urea groups is 1. The molecule has 1 rings (SSSR count). The molecule has 0 radical (unpaired) electrons. The maximum absolute atomic E-state index is 12.0. The molecule has 0 saturated carbocycles. The quantitative estimate of drug-likeness (QED) is 0.680. The molecule has 1 aliphatic rings. The molecule has 0 aliphatic carbocycles. The molecule has 0 spiro atoms. The van der Waals surface area contributed by atoms with Gasteiger partial charge in [-0.05, 0) is 39.5 Å². The van der Waals surface area contributed by atoms with E-state index in [0.29, 0.717) is 13.0 Å². The lowest BCUT2D eigenvalue weighted by molar-refractivity contribution is -0.143. The number of nitrogens with one attached hydrogen (secondary N) is 1.